The first-order chi connectivity index (χ1) is 9.07. The molecule has 0 saturated heterocycles. The highest BCUT2D eigenvalue weighted by Gasteiger charge is 2.15. The van der Waals surface area contributed by atoms with Crippen LogP contribution in [-0.2, 0) is 22.6 Å². The van der Waals surface area contributed by atoms with Gasteiger partial charge in [0.25, 0.3) is 0 Å². The molecule has 0 radical (unpaired) electrons. The summed E-state index contributed by atoms with van der Waals surface area (Å²) < 4.78 is 11.1. The third-order valence-electron chi connectivity index (χ3n) is 3.24. The normalized spacial score (nSPS) is 11.8. The first kappa shape index (κ1) is 16.2. The Morgan fingerprint density at radius 1 is 1.21 bits per heavy atom. The maximum absolute atomic E-state index is 5.72. The minimum Gasteiger partial charge on any atom is -0.379 e. The van der Waals surface area contributed by atoms with Gasteiger partial charge < -0.3 is 14.8 Å². The monoisotopic (exact) mass is 265 g/mol. The van der Waals surface area contributed by atoms with Crippen molar-refractivity contribution in [1.82, 2.24) is 5.32 Å². The van der Waals surface area contributed by atoms with E-state index >= 15 is 0 Å². The van der Waals surface area contributed by atoms with Gasteiger partial charge in [-0.1, -0.05) is 31.2 Å². The zero-order valence-corrected chi connectivity index (χ0v) is 12.7. The average Bonchev–Trinajstić information content (AvgIpc) is 2.42. The first-order valence-electron chi connectivity index (χ1n) is 6.99. The molecule has 0 aromatic heterocycles. The highest BCUT2D eigenvalue weighted by molar-refractivity contribution is 5.22. The fourth-order valence-electron chi connectivity index (χ4n) is 1.71. The van der Waals surface area contributed by atoms with Crippen LogP contribution in [0.15, 0.2) is 24.3 Å². The molecule has 0 aliphatic heterocycles. The second-order valence-corrected chi connectivity index (χ2v) is 5.37. The quantitative estimate of drug-likeness (QED) is 0.696. The number of ether oxygens (including phenoxy) is 2. The van der Waals surface area contributed by atoms with Crippen molar-refractivity contribution < 1.29 is 9.47 Å². The lowest BCUT2D eigenvalue weighted by Gasteiger charge is -2.22. The van der Waals surface area contributed by atoms with Crippen molar-refractivity contribution in [2.45, 2.75) is 45.9 Å². The molecule has 108 valence electrons. The maximum atomic E-state index is 5.72. The van der Waals surface area contributed by atoms with Crippen molar-refractivity contribution >= 4 is 0 Å². The van der Waals surface area contributed by atoms with Crippen molar-refractivity contribution in [2.75, 3.05) is 20.3 Å². The van der Waals surface area contributed by atoms with Crippen LogP contribution in [0.5, 0.6) is 0 Å². The molecule has 0 aliphatic rings. The maximum Gasteiger partial charge on any atom is 0.0716 e. The fraction of sp³-hybridized carbons (Fsp3) is 0.625. The molecule has 19 heavy (non-hydrogen) atoms. The van der Waals surface area contributed by atoms with Crippen LogP contribution in [0.2, 0.25) is 0 Å². The molecule has 1 N–H and O–H groups in total. The number of rotatable bonds is 9. The van der Waals surface area contributed by atoms with Gasteiger partial charge in [0.15, 0.2) is 0 Å². The molecule has 1 aromatic carbocycles. The Balaban J connectivity index is 2.33. The molecule has 0 atom stereocenters. The van der Waals surface area contributed by atoms with Gasteiger partial charge in [0, 0.05) is 20.3 Å². The van der Waals surface area contributed by atoms with Crippen LogP contribution in [0, 0.1) is 0 Å². The van der Waals surface area contributed by atoms with Crippen molar-refractivity contribution in [2.24, 2.45) is 0 Å². The Hall–Kier alpha value is -0.900. The van der Waals surface area contributed by atoms with E-state index in [1.54, 1.807) is 7.11 Å². The lowest BCUT2D eigenvalue weighted by atomic mass is 10.1. The molecular formula is C16H27NO2. The molecule has 3 heteroatoms. The zero-order valence-electron chi connectivity index (χ0n) is 12.7. The van der Waals surface area contributed by atoms with E-state index in [0.29, 0.717) is 6.61 Å². The van der Waals surface area contributed by atoms with Gasteiger partial charge >= 0.3 is 0 Å². The Morgan fingerprint density at radius 3 is 2.63 bits per heavy atom. The Labute approximate surface area is 117 Å². The summed E-state index contributed by atoms with van der Waals surface area (Å²) in [6, 6.07) is 8.53. The summed E-state index contributed by atoms with van der Waals surface area (Å²) in [5, 5.41) is 3.33. The number of nitrogens with one attached hydrogen (secondary N) is 1. The van der Waals surface area contributed by atoms with Gasteiger partial charge in [0.2, 0.25) is 0 Å². The van der Waals surface area contributed by atoms with E-state index in [4.69, 9.17) is 9.47 Å². The molecule has 0 amide bonds. The summed E-state index contributed by atoms with van der Waals surface area (Å²) in [6.07, 6.45) is 0.903. The van der Waals surface area contributed by atoms with Gasteiger partial charge in [-0.25, -0.2) is 0 Å². The smallest absolute Gasteiger partial charge is 0.0716 e. The van der Waals surface area contributed by atoms with E-state index in [-0.39, 0.29) is 5.60 Å². The van der Waals surface area contributed by atoms with Crippen LogP contribution < -0.4 is 5.32 Å². The van der Waals surface area contributed by atoms with Crippen molar-refractivity contribution in [3.05, 3.63) is 35.4 Å². The van der Waals surface area contributed by atoms with Crippen LogP contribution in [0.3, 0.4) is 0 Å². The average molecular weight is 265 g/mol. The van der Waals surface area contributed by atoms with Crippen LogP contribution in [0.4, 0.5) is 0 Å². The Morgan fingerprint density at radius 2 is 1.95 bits per heavy atom. The van der Waals surface area contributed by atoms with E-state index in [9.17, 15) is 0 Å². The Bertz CT molecular complexity index is 364. The van der Waals surface area contributed by atoms with Crippen LogP contribution >= 0.6 is 0 Å². The number of hydrogen-bond acceptors (Lipinski definition) is 3. The minimum atomic E-state index is -0.104. The third kappa shape index (κ3) is 6.71. The lowest BCUT2D eigenvalue weighted by molar-refractivity contribution is -0.0124. The summed E-state index contributed by atoms with van der Waals surface area (Å²) in [5.41, 5.74) is 2.43. The molecule has 0 heterocycles. The van der Waals surface area contributed by atoms with Gasteiger partial charge in [-0.2, -0.15) is 0 Å². The van der Waals surface area contributed by atoms with E-state index < -0.39 is 0 Å². The molecule has 1 rings (SSSR count). The number of hydrogen-bond donors (Lipinski definition) is 1. The SMILES string of the molecule is CCNCc1cccc(COCCC(C)(C)OC)c1. The van der Waals surface area contributed by atoms with Gasteiger partial charge in [-0.05, 0) is 37.9 Å². The number of methoxy groups -OCH3 is 1. The van der Waals surface area contributed by atoms with E-state index in [1.807, 2.05) is 0 Å². The summed E-state index contributed by atoms with van der Waals surface area (Å²) in [6.45, 7) is 9.57. The summed E-state index contributed by atoms with van der Waals surface area (Å²) in [5.74, 6) is 0. The van der Waals surface area contributed by atoms with E-state index in [1.165, 1.54) is 11.1 Å². The van der Waals surface area contributed by atoms with Gasteiger partial charge in [-0.15, -0.1) is 0 Å². The minimum absolute atomic E-state index is 0.104. The Kier molecular flexibility index (Phi) is 7.06. The first-order valence-corrected chi connectivity index (χ1v) is 6.99. The van der Waals surface area contributed by atoms with Crippen molar-refractivity contribution in [1.29, 1.82) is 0 Å². The number of benzene rings is 1. The van der Waals surface area contributed by atoms with Crippen LogP contribution in [-0.4, -0.2) is 25.9 Å². The topological polar surface area (TPSA) is 30.5 Å². The lowest BCUT2D eigenvalue weighted by Crippen LogP contribution is -2.24. The summed E-state index contributed by atoms with van der Waals surface area (Å²) in [4.78, 5) is 0. The predicted octanol–water partition coefficient (Wildman–Crippen LogP) is 3.13. The molecule has 0 bridgehead atoms. The molecular weight excluding hydrogens is 238 g/mol. The zero-order chi connectivity index (χ0) is 14.1. The molecule has 0 spiro atoms. The molecule has 0 fully saturated rings. The fourth-order valence-corrected chi connectivity index (χ4v) is 1.71. The van der Waals surface area contributed by atoms with Gasteiger partial charge in [0.05, 0.1) is 12.2 Å². The summed E-state index contributed by atoms with van der Waals surface area (Å²) in [7, 11) is 1.74. The van der Waals surface area contributed by atoms with Gasteiger partial charge in [0.1, 0.15) is 0 Å². The largest absolute Gasteiger partial charge is 0.379 e. The van der Waals surface area contributed by atoms with E-state index in [0.717, 1.165) is 26.1 Å². The molecule has 3 nitrogen and oxygen atoms in total. The molecule has 0 aliphatic carbocycles. The third-order valence-corrected chi connectivity index (χ3v) is 3.24. The second kappa shape index (κ2) is 8.31. The highest BCUT2D eigenvalue weighted by Crippen LogP contribution is 2.13. The standard InChI is InChI=1S/C16H27NO2/c1-5-17-12-14-7-6-8-15(11-14)13-19-10-9-16(2,3)18-4/h6-8,11,17H,5,9-10,12-13H2,1-4H3. The van der Waals surface area contributed by atoms with E-state index in [2.05, 4.69) is 50.4 Å². The van der Waals surface area contributed by atoms with Crippen molar-refractivity contribution in [3.8, 4) is 0 Å². The summed E-state index contributed by atoms with van der Waals surface area (Å²) >= 11 is 0. The predicted molar refractivity (Wildman–Crippen MR) is 79.2 cm³/mol. The highest BCUT2D eigenvalue weighted by atomic mass is 16.5. The van der Waals surface area contributed by atoms with Crippen molar-refractivity contribution in [3.63, 3.8) is 0 Å². The van der Waals surface area contributed by atoms with Gasteiger partial charge in [-0.3, -0.25) is 0 Å². The van der Waals surface area contributed by atoms with Crippen LogP contribution in [0.1, 0.15) is 38.3 Å². The molecule has 0 unspecified atom stereocenters. The second-order valence-electron chi connectivity index (χ2n) is 5.37. The van der Waals surface area contributed by atoms with Crippen LogP contribution in [0.25, 0.3) is 0 Å². The molecule has 1 aromatic rings. The molecule has 0 saturated carbocycles.